The molecule has 1 aromatic carbocycles. The number of nitrogens with one attached hydrogen (secondary N) is 1. The molecule has 0 atom stereocenters. The summed E-state index contributed by atoms with van der Waals surface area (Å²) >= 11 is 11.4. The van der Waals surface area contributed by atoms with E-state index >= 15 is 0 Å². The van der Waals surface area contributed by atoms with Crippen LogP contribution in [0.1, 0.15) is 13.8 Å². The van der Waals surface area contributed by atoms with E-state index in [9.17, 15) is 4.39 Å². The van der Waals surface area contributed by atoms with Gasteiger partial charge in [-0.2, -0.15) is 15.0 Å². The molecule has 106 valence electrons. The number of rotatable bonds is 4. The molecule has 0 unspecified atom stereocenters. The van der Waals surface area contributed by atoms with Crippen molar-refractivity contribution in [3.8, 4) is 6.01 Å². The summed E-state index contributed by atoms with van der Waals surface area (Å²) in [5, 5.41) is 2.82. The Balaban J connectivity index is 2.24. The van der Waals surface area contributed by atoms with Crippen LogP contribution >= 0.6 is 23.2 Å². The van der Waals surface area contributed by atoms with Gasteiger partial charge in [-0.15, -0.1) is 0 Å². The maximum absolute atomic E-state index is 13.3. The highest BCUT2D eigenvalue weighted by Crippen LogP contribution is 2.22. The summed E-state index contributed by atoms with van der Waals surface area (Å²) < 4.78 is 18.7. The van der Waals surface area contributed by atoms with E-state index in [1.165, 1.54) is 12.1 Å². The molecule has 2 rings (SSSR count). The van der Waals surface area contributed by atoms with Crippen LogP contribution < -0.4 is 10.1 Å². The van der Waals surface area contributed by atoms with Gasteiger partial charge in [-0.25, -0.2) is 4.39 Å². The predicted molar refractivity (Wildman–Crippen MR) is 75.3 cm³/mol. The molecule has 0 fully saturated rings. The fourth-order valence-electron chi connectivity index (χ4n) is 1.35. The molecule has 0 radical (unpaired) electrons. The number of benzene rings is 1. The van der Waals surface area contributed by atoms with Crippen molar-refractivity contribution in [2.45, 2.75) is 20.0 Å². The average Bonchev–Trinajstić information content (AvgIpc) is 2.32. The molecule has 2 aromatic rings. The summed E-state index contributed by atoms with van der Waals surface area (Å²) in [4.78, 5) is 11.7. The normalized spacial score (nSPS) is 10.7. The second-order valence-corrected chi connectivity index (χ2v) is 4.88. The number of nitrogens with zero attached hydrogens (tertiary/aromatic N) is 3. The Bertz CT molecular complexity index is 624. The van der Waals surface area contributed by atoms with Gasteiger partial charge in [0.25, 0.3) is 0 Å². The van der Waals surface area contributed by atoms with Crippen LogP contribution in [-0.4, -0.2) is 21.1 Å². The van der Waals surface area contributed by atoms with Crippen LogP contribution in [0.5, 0.6) is 6.01 Å². The van der Waals surface area contributed by atoms with Crippen LogP contribution in [-0.2, 0) is 0 Å². The first-order valence-electron chi connectivity index (χ1n) is 5.74. The zero-order chi connectivity index (χ0) is 14.7. The minimum Gasteiger partial charge on any atom is -0.461 e. The molecule has 0 bridgehead atoms. The predicted octanol–water partition coefficient (Wildman–Crippen LogP) is 3.85. The monoisotopic (exact) mass is 316 g/mol. The molecule has 0 aliphatic heterocycles. The van der Waals surface area contributed by atoms with Crippen LogP contribution in [0, 0.1) is 5.82 Å². The van der Waals surface area contributed by atoms with Gasteiger partial charge >= 0.3 is 6.01 Å². The van der Waals surface area contributed by atoms with Crippen LogP contribution in [0.2, 0.25) is 10.3 Å². The lowest BCUT2D eigenvalue weighted by Crippen LogP contribution is -2.10. The van der Waals surface area contributed by atoms with Crippen molar-refractivity contribution in [3.63, 3.8) is 0 Å². The Kier molecular flexibility index (Phi) is 4.57. The third-order valence-corrected chi connectivity index (χ3v) is 2.58. The number of halogens is 3. The quantitative estimate of drug-likeness (QED) is 0.928. The standard InChI is InChI=1S/C12H11Cl2FN4O/c1-6(2)20-12-18-10(14)17-11(19-12)16-7-3-4-8(13)9(15)5-7/h3-6H,1-2H3,(H,16,17,18,19). The summed E-state index contributed by atoms with van der Waals surface area (Å²) in [5.41, 5.74) is 0.435. The van der Waals surface area contributed by atoms with Crippen LogP contribution in [0.4, 0.5) is 16.0 Å². The highest BCUT2D eigenvalue weighted by molar-refractivity contribution is 6.30. The second-order valence-electron chi connectivity index (χ2n) is 4.13. The highest BCUT2D eigenvalue weighted by Gasteiger charge is 2.09. The third-order valence-electron chi connectivity index (χ3n) is 2.10. The average molecular weight is 317 g/mol. The molecular weight excluding hydrogens is 306 g/mol. The lowest BCUT2D eigenvalue weighted by molar-refractivity contribution is 0.222. The Morgan fingerprint density at radius 1 is 1.20 bits per heavy atom. The summed E-state index contributed by atoms with van der Waals surface area (Å²) in [6.45, 7) is 3.67. The smallest absolute Gasteiger partial charge is 0.322 e. The fraction of sp³-hybridized carbons (Fsp3) is 0.250. The van der Waals surface area contributed by atoms with Crippen molar-refractivity contribution in [2.24, 2.45) is 0 Å². The summed E-state index contributed by atoms with van der Waals surface area (Å²) in [6.07, 6.45) is -0.103. The zero-order valence-corrected chi connectivity index (χ0v) is 12.2. The number of aromatic nitrogens is 3. The number of hydrogen-bond donors (Lipinski definition) is 1. The summed E-state index contributed by atoms with van der Waals surface area (Å²) in [6, 6.07) is 4.33. The van der Waals surface area contributed by atoms with Gasteiger partial charge in [-0.1, -0.05) is 11.6 Å². The van der Waals surface area contributed by atoms with E-state index in [1.807, 2.05) is 13.8 Å². The molecular formula is C12H11Cl2FN4O. The Morgan fingerprint density at radius 2 is 1.95 bits per heavy atom. The molecule has 1 N–H and O–H groups in total. The first-order chi connectivity index (χ1) is 9.44. The minimum atomic E-state index is -0.546. The molecule has 5 nitrogen and oxygen atoms in total. The second kappa shape index (κ2) is 6.19. The molecule has 0 saturated carbocycles. The Morgan fingerprint density at radius 3 is 2.60 bits per heavy atom. The van der Waals surface area contributed by atoms with Gasteiger partial charge in [0, 0.05) is 5.69 Å². The molecule has 0 amide bonds. The molecule has 0 aliphatic rings. The molecule has 0 aliphatic carbocycles. The highest BCUT2D eigenvalue weighted by atomic mass is 35.5. The van der Waals surface area contributed by atoms with Crippen LogP contribution in [0.25, 0.3) is 0 Å². The van der Waals surface area contributed by atoms with Gasteiger partial charge in [0.2, 0.25) is 11.2 Å². The van der Waals surface area contributed by atoms with Crippen molar-refractivity contribution in [1.29, 1.82) is 0 Å². The first kappa shape index (κ1) is 14.7. The van der Waals surface area contributed by atoms with Gasteiger partial charge in [-0.05, 0) is 43.6 Å². The largest absolute Gasteiger partial charge is 0.461 e. The fourth-order valence-corrected chi connectivity index (χ4v) is 1.62. The van der Waals surface area contributed by atoms with E-state index in [0.29, 0.717) is 5.69 Å². The Labute approximate surface area is 125 Å². The van der Waals surface area contributed by atoms with Crippen molar-refractivity contribution >= 4 is 34.8 Å². The number of anilines is 2. The summed E-state index contributed by atoms with van der Waals surface area (Å²) in [7, 11) is 0. The van der Waals surface area contributed by atoms with Crippen LogP contribution in [0.3, 0.4) is 0 Å². The van der Waals surface area contributed by atoms with E-state index in [0.717, 1.165) is 0 Å². The van der Waals surface area contributed by atoms with E-state index in [-0.39, 0.29) is 28.4 Å². The number of ether oxygens (including phenoxy) is 1. The van der Waals surface area contributed by atoms with Gasteiger partial charge in [0.05, 0.1) is 11.1 Å². The molecule has 1 aromatic heterocycles. The lowest BCUT2D eigenvalue weighted by atomic mass is 10.3. The van der Waals surface area contributed by atoms with Crippen molar-refractivity contribution < 1.29 is 9.13 Å². The van der Waals surface area contributed by atoms with E-state index in [2.05, 4.69) is 20.3 Å². The zero-order valence-electron chi connectivity index (χ0n) is 10.7. The van der Waals surface area contributed by atoms with Crippen molar-refractivity contribution in [1.82, 2.24) is 15.0 Å². The van der Waals surface area contributed by atoms with E-state index < -0.39 is 5.82 Å². The summed E-state index contributed by atoms with van der Waals surface area (Å²) in [5.74, 6) is -0.391. The van der Waals surface area contributed by atoms with Crippen molar-refractivity contribution in [3.05, 3.63) is 34.3 Å². The molecule has 1 heterocycles. The SMILES string of the molecule is CC(C)Oc1nc(Cl)nc(Nc2ccc(Cl)c(F)c2)n1. The molecule has 8 heteroatoms. The topological polar surface area (TPSA) is 59.9 Å². The van der Waals surface area contributed by atoms with Crippen molar-refractivity contribution in [2.75, 3.05) is 5.32 Å². The lowest BCUT2D eigenvalue weighted by Gasteiger charge is -2.10. The molecule has 0 spiro atoms. The minimum absolute atomic E-state index is 0.0208. The first-order valence-corrected chi connectivity index (χ1v) is 6.50. The van der Waals surface area contributed by atoms with Gasteiger partial charge in [-0.3, -0.25) is 0 Å². The maximum atomic E-state index is 13.3. The molecule has 20 heavy (non-hydrogen) atoms. The van der Waals surface area contributed by atoms with E-state index in [4.69, 9.17) is 27.9 Å². The Hall–Kier alpha value is -1.66. The third kappa shape index (κ3) is 3.91. The maximum Gasteiger partial charge on any atom is 0.322 e. The molecule has 0 saturated heterocycles. The van der Waals surface area contributed by atoms with Gasteiger partial charge in [0.1, 0.15) is 5.82 Å². The van der Waals surface area contributed by atoms with Gasteiger partial charge < -0.3 is 10.1 Å². The van der Waals surface area contributed by atoms with Gasteiger partial charge in [0.15, 0.2) is 0 Å². The van der Waals surface area contributed by atoms with Crippen LogP contribution in [0.15, 0.2) is 18.2 Å². The van der Waals surface area contributed by atoms with E-state index in [1.54, 1.807) is 6.07 Å². The number of hydrogen-bond acceptors (Lipinski definition) is 5.